The summed E-state index contributed by atoms with van der Waals surface area (Å²) in [5.41, 5.74) is 0.992. The predicted molar refractivity (Wildman–Crippen MR) is 82.0 cm³/mol. The van der Waals surface area contributed by atoms with E-state index in [0.717, 1.165) is 24.3 Å². The van der Waals surface area contributed by atoms with E-state index in [1.54, 1.807) is 20.3 Å². The molecule has 1 aromatic carbocycles. The maximum absolute atomic E-state index is 6.12. The molecule has 0 aliphatic rings. The molecular formula is C15H24ClNO3. The van der Waals surface area contributed by atoms with Crippen LogP contribution in [0.1, 0.15) is 25.8 Å². The first-order valence-electron chi connectivity index (χ1n) is 6.85. The summed E-state index contributed by atoms with van der Waals surface area (Å²) in [5, 5.41) is 3.99. The van der Waals surface area contributed by atoms with E-state index in [1.165, 1.54) is 0 Å². The monoisotopic (exact) mass is 301 g/mol. The lowest BCUT2D eigenvalue weighted by atomic mass is 10.1. The van der Waals surface area contributed by atoms with E-state index in [9.17, 15) is 0 Å². The lowest BCUT2D eigenvalue weighted by Gasteiger charge is -2.18. The van der Waals surface area contributed by atoms with Crippen molar-refractivity contribution in [3.8, 4) is 11.5 Å². The van der Waals surface area contributed by atoms with Crippen molar-refractivity contribution in [2.75, 3.05) is 27.4 Å². The summed E-state index contributed by atoms with van der Waals surface area (Å²) < 4.78 is 16.4. The molecule has 0 aromatic heterocycles. The van der Waals surface area contributed by atoms with E-state index in [4.69, 9.17) is 25.8 Å². The standard InChI is InChI=1S/C15H24ClNO3/c1-5-6-17-9-12-7-13(16)8-14(19-4)15(12)20-10-11(2)18-3/h7-8,11,17H,5-6,9-10H2,1-4H3. The zero-order valence-electron chi connectivity index (χ0n) is 12.7. The summed E-state index contributed by atoms with van der Waals surface area (Å²) in [6.45, 7) is 6.19. The van der Waals surface area contributed by atoms with Gasteiger partial charge in [0.1, 0.15) is 6.61 Å². The van der Waals surface area contributed by atoms with Gasteiger partial charge in [-0.3, -0.25) is 0 Å². The van der Waals surface area contributed by atoms with Crippen molar-refractivity contribution >= 4 is 11.6 Å². The molecule has 5 heteroatoms. The molecule has 0 fully saturated rings. The van der Waals surface area contributed by atoms with Gasteiger partial charge in [0, 0.05) is 30.3 Å². The third kappa shape index (κ3) is 5.19. The van der Waals surface area contributed by atoms with E-state index in [-0.39, 0.29) is 6.10 Å². The van der Waals surface area contributed by atoms with Crippen LogP contribution in [0.4, 0.5) is 0 Å². The summed E-state index contributed by atoms with van der Waals surface area (Å²) in [5.74, 6) is 1.37. The molecule has 114 valence electrons. The molecule has 0 heterocycles. The first-order chi connectivity index (χ1) is 9.62. The Morgan fingerprint density at radius 1 is 1.30 bits per heavy atom. The van der Waals surface area contributed by atoms with Crippen molar-refractivity contribution in [2.45, 2.75) is 32.9 Å². The summed E-state index contributed by atoms with van der Waals surface area (Å²) >= 11 is 6.12. The Bertz CT molecular complexity index is 412. The highest BCUT2D eigenvalue weighted by molar-refractivity contribution is 6.30. The largest absolute Gasteiger partial charge is 0.493 e. The van der Waals surface area contributed by atoms with Crippen molar-refractivity contribution in [3.63, 3.8) is 0 Å². The Hall–Kier alpha value is -0.970. The molecule has 1 rings (SSSR count). The van der Waals surface area contributed by atoms with Crippen molar-refractivity contribution in [1.82, 2.24) is 5.32 Å². The number of ether oxygens (including phenoxy) is 3. The summed E-state index contributed by atoms with van der Waals surface area (Å²) in [7, 11) is 3.28. The average Bonchev–Trinajstić information content (AvgIpc) is 2.45. The molecule has 0 bridgehead atoms. The number of rotatable bonds is 9. The second-order valence-electron chi connectivity index (χ2n) is 4.63. The van der Waals surface area contributed by atoms with Crippen molar-refractivity contribution in [3.05, 3.63) is 22.7 Å². The minimum atomic E-state index is 0.0202. The van der Waals surface area contributed by atoms with Gasteiger partial charge in [-0.2, -0.15) is 0 Å². The molecule has 0 amide bonds. The van der Waals surface area contributed by atoms with Crippen LogP contribution in [-0.2, 0) is 11.3 Å². The molecule has 4 nitrogen and oxygen atoms in total. The van der Waals surface area contributed by atoms with Gasteiger partial charge < -0.3 is 19.5 Å². The zero-order valence-corrected chi connectivity index (χ0v) is 13.4. The lowest BCUT2D eigenvalue weighted by Crippen LogP contribution is -2.19. The van der Waals surface area contributed by atoms with Gasteiger partial charge in [-0.1, -0.05) is 18.5 Å². The number of nitrogens with one attached hydrogen (secondary N) is 1. The molecule has 1 atom stereocenters. The van der Waals surface area contributed by atoms with Crippen molar-refractivity contribution < 1.29 is 14.2 Å². The Labute approximate surface area is 126 Å². The zero-order chi connectivity index (χ0) is 15.0. The van der Waals surface area contributed by atoms with E-state index >= 15 is 0 Å². The second kappa shape index (κ2) is 9.06. The van der Waals surface area contributed by atoms with Gasteiger partial charge in [0.25, 0.3) is 0 Å². The maximum Gasteiger partial charge on any atom is 0.165 e. The highest BCUT2D eigenvalue weighted by atomic mass is 35.5. The number of methoxy groups -OCH3 is 2. The van der Waals surface area contributed by atoms with Gasteiger partial charge in [0.15, 0.2) is 11.5 Å². The highest BCUT2D eigenvalue weighted by Gasteiger charge is 2.14. The van der Waals surface area contributed by atoms with Crippen LogP contribution in [0.25, 0.3) is 0 Å². The summed E-state index contributed by atoms with van der Waals surface area (Å²) in [6.07, 6.45) is 1.10. The van der Waals surface area contributed by atoms with E-state index in [1.807, 2.05) is 13.0 Å². The smallest absolute Gasteiger partial charge is 0.165 e. The van der Waals surface area contributed by atoms with Gasteiger partial charge in [-0.15, -0.1) is 0 Å². The van der Waals surface area contributed by atoms with Crippen LogP contribution in [0.15, 0.2) is 12.1 Å². The highest BCUT2D eigenvalue weighted by Crippen LogP contribution is 2.34. The van der Waals surface area contributed by atoms with Crippen LogP contribution in [0.3, 0.4) is 0 Å². The molecule has 1 N–H and O–H groups in total. The third-order valence-corrected chi connectivity index (χ3v) is 3.14. The number of halogens is 1. The molecule has 0 spiro atoms. The quantitative estimate of drug-likeness (QED) is 0.711. The normalized spacial score (nSPS) is 12.2. The van der Waals surface area contributed by atoms with Gasteiger partial charge in [-0.25, -0.2) is 0 Å². The van der Waals surface area contributed by atoms with Gasteiger partial charge >= 0.3 is 0 Å². The SMILES string of the molecule is CCCNCc1cc(Cl)cc(OC)c1OCC(C)OC. The Morgan fingerprint density at radius 3 is 2.65 bits per heavy atom. The molecule has 20 heavy (non-hydrogen) atoms. The molecule has 0 saturated carbocycles. The molecule has 1 unspecified atom stereocenters. The van der Waals surface area contributed by atoms with Crippen LogP contribution in [0, 0.1) is 0 Å². The molecule has 1 aromatic rings. The van der Waals surface area contributed by atoms with Crippen LogP contribution in [-0.4, -0.2) is 33.5 Å². The Balaban J connectivity index is 2.90. The first-order valence-corrected chi connectivity index (χ1v) is 7.22. The van der Waals surface area contributed by atoms with Gasteiger partial charge in [-0.05, 0) is 26.0 Å². The minimum absolute atomic E-state index is 0.0202. The Kier molecular flexibility index (Phi) is 7.73. The molecule has 0 aliphatic heterocycles. The topological polar surface area (TPSA) is 39.7 Å². The number of hydrogen-bond acceptors (Lipinski definition) is 4. The van der Waals surface area contributed by atoms with Gasteiger partial charge in [0.2, 0.25) is 0 Å². The fourth-order valence-corrected chi connectivity index (χ4v) is 1.97. The lowest BCUT2D eigenvalue weighted by molar-refractivity contribution is 0.0702. The van der Waals surface area contributed by atoms with Crippen LogP contribution in [0.5, 0.6) is 11.5 Å². The van der Waals surface area contributed by atoms with E-state index in [0.29, 0.717) is 23.9 Å². The van der Waals surface area contributed by atoms with Crippen molar-refractivity contribution in [2.24, 2.45) is 0 Å². The third-order valence-electron chi connectivity index (χ3n) is 2.92. The predicted octanol–water partition coefficient (Wildman–Crippen LogP) is 3.26. The first kappa shape index (κ1) is 17.1. The summed E-state index contributed by atoms with van der Waals surface area (Å²) in [6, 6.07) is 3.66. The molecule has 0 radical (unpaired) electrons. The number of benzene rings is 1. The minimum Gasteiger partial charge on any atom is -0.493 e. The van der Waals surface area contributed by atoms with Crippen LogP contribution < -0.4 is 14.8 Å². The second-order valence-corrected chi connectivity index (χ2v) is 5.07. The summed E-state index contributed by atoms with van der Waals surface area (Å²) in [4.78, 5) is 0. The fourth-order valence-electron chi connectivity index (χ4n) is 1.74. The van der Waals surface area contributed by atoms with E-state index in [2.05, 4.69) is 12.2 Å². The number of hydrogen-bond donors (Lipinski definition) is 1. The van der Waals surface area contributed by atoms with Crippen LogP contribution >= 0.6 is 11.6 Å². The maximum atomic E-state index is 6.12. The Morgan fingerprint density at radius 2 is 2.05 bits per heavy atom. The molecular weight excluding hydrogens is 278 g/mol. The molecule has 0 aliphatic carbocycles. The van der Waals surface area contributed by atoms with E-state index < -0.39 is 0 Å². The van der Waals surface area contributed by atoms with Crippen molar-refractivity contribution in [1.29, 1.82) is 0 Å². The fraction of sp³-hybridized carbons (Fsp3) is 0.600. The van der Waals surface area contributed by atoms with Crippen LogP contribution in [0.2, 0.25) is 5.02 Å². The molecule has 0 saturated heterocycles. The average molecular weight is 302 g/mol. The van der Waals surface area contributed by atoms with Gasteiger partial charge in [0.05, 0.1) is 13.2 Å².